The summed E-state index contributed by atoms with van der Waals surface area (Å²) in [5, 5.41) is 15.1. The molecule has 1 aliphatic carbocycles. The lowest BCUT2D eigenvalue weighted by Crippen LogP contribution is -2.24. The van der Waals surface area contributed by atoms with Crippen molar-refractivity contribution >= 4 is 10.8 Å². The van der Waals surface area contributed by atoms with Crippen LogP contribution in [0.1, 0.15) is 24.8 Å². The van der Waals surface area contributed by atoms with Gasteiger partial charge >= 0.3 is 0 Å². The first-order valence-corrected chi connectivity index (χ1v) is 7.63. The maximum Gasteiger partial charge on any atom is 0.119 e. The summed E-state index contributed by atoms with van der Waals surface area (Å²) in [4.78, 5) is 0. The van der Waals surface area contributed by atoms with Crippen molar-refractivity contribution in [3.63, 3.8) is 0 Å². The molecule has 1 fully saturated rings. The topological polar surface area (TPSA) is 41.5 Å². The van der Waals surface area contributed by atoms with E-state index in [1.165, 1.54) is 29.2 Å². The zero-order valence-electron chi connectivity index (χ0n) is 12.6. The molecular weight excluding hydrogens is 262 g/mol. The van der Waals surface area contributed by atoms with Gasteiger partial charge in [-0.1, -0.05) is 18.2 Å². The van der Waals surface area contributed by atoms with Crippen molar-refractivity contribution in [2.75, 3.05) is 20.3 Å². The van der Waals surface area contributed by atoms with Crippen molar-refractivity contribution in [1.29, 1.82) is 0 Å². The highest BCUT2D eigenvalue weighted by Gasteiger charge is 2.41. The van der Waals surface area contributed by atoms with E-state index in [-0.39, 0.29) is 0 Å². The molecule has 0 amide bonds. The van der Waals surface area contributed by atoms with E-state index in [0.717, 1.165) is 25.3 Å². The average molecular weight is 285 g/mol. The van der Waals surface area contributed by atoms with Crippen LogP contribution in [-0.4, -0.2) is 25.4 Å². The summed E-state index contributed by atoms with van der Waals surface area (Å²) in [7, 11) is 1.69. The average Bonchev–Trinajstić information content (AvgIpc) is 3.27. The summed E-state index contributed by atoms with van der Waals surface area (Å²) in [5.41, 5.74) is 1.67. The fraction of sp³-hybridized carbons (Fsp3) is 0.444. The molecule has 0 aromatic heterocycles. The molecule has 2 aromatic carbocycles. The Morgan fingerprint density at radius 3 is 2.62 bits per heavy atom. The highest BCUT2D eigenvalue weighted by atomic mass is 16.5. The molecule has 2 aromatic rings. The first-order valence-electron chi connectivity index (χ1n) is 7.63. The maximum absolute atomic E-state index is 9.08. The predicted octanol–water partition coefficient (Wildman–Crippen LogP) is 3.10. The largest absolute Gasteiger partial charge is 0.497 e. The van der Waals surface area contributed by atoms with E-state index in [0.29, 0.717) is 12.0 Å². The van der Waals surface area contributed by atoms with Crippen LogP contribution in [-0.2, 0) is 6.54 Å². The molecule has 0 unspecified atom stereocenters. The Morgan fingerprint density at radius 2 is 1.90 bits per heavy atom. The Morgan fingerprint density at radius 1 is 1.14 bits per heavy atom. The molecule has 0 spiro atoms. The molecule has 0 bridgehead atoms. The summed E-state index contributed by atoms with van der Waals surface area (Å²) in [6, 6.07) is 12.7. The van der Waals surface area contributed by atoms with Gasteiger partial charge in [-0.2, -0.15) is 0 Å². The smallest absolute Gasteiger partial charge is 0.119 e. The first-order chi connectivity index (χ1) is 10.2. The van der Waals surface area contributed by atoms with Gasteiger partial charge in [0.2, 0.25) is 0 Å². The summed E-state index contributed by atoms with van der Waals surface area (Å²) in [6.45, 7) is 2.20. The van der Waals surface area contributed by atoms with E-state index in [2.05, 4.69) is 35.6 Å². The van der Waals surface area contributed by atoms with Crippen LogP contribution in [0.25, 0.3) is 10.8 Å². The second-order valence-electron chi connectivity index (χ2n) is 6.12. The number of rotatable bonds is 7. The molecule has 3 nitrogen and oxygen atoms in total. The molecule has 0 heterocycles. The second kappa shape index (κ2) is 6.04. The third-order valence-corrected chi connectivity index (χ3v) is 4.54. The van der Waals surface area contributed by atoms with Crippen LogP contribution in [0.2, 0.25) is 0 Å². The Kier molecular flexibility index (Phi) is 4.13. The minimum atomic E-state index is 0.305. The molecule has 21 heavy (non-hydrogen) atoms. The van der Waals surface area contributed by atoms with E-state index in [1.54, 1.807) is 7.11 Å². The van der Waals surface area contributed by atoms with Crippen LogP contribution >= 0.6 is 0 Å². The van der Waals surface area contributed by atoms with Crippen molar-refractivity contribution in [1.82, 2.24) is 5.32 Å². The Balaban J connectivity index is 1.62. The van der Waals surface area contributed by atoms with Crippen molar-refractivity contribution in [3.05, 3.63) is 42.0 Å². The zero-order valence-corrected chi connectivity index (χ0v) is 12.6. The van der Waals surface area contributed by atoms with Crippen LogP contribution in [0.15, 0.2) is 36.4 Å². The number of nitrogens with one attached hydrogen (secondary N) is 1. The number of fused-ring (bicyclic) bond motifs is 1. The van der Waals surface area contributed by atoms with Gasteiger partial charge in [-0.25, -0.2) is 0 Å². The third-order valence-electron chi connectivity index (χ3n) is 4.54. The van der Waals surface area contributed by atoms with Crippen LogP contribution in [0.3, 0.4) is 0 Å². The van der Waals surface area contributed by atoms with E-state index < -0.39 is 0 Å². The number of benzene rings is 2. The number of ether oxygens (including phenoxy) is 1. The monoisotopic (exact) mass is 285 g/mol. The van der Waals surface area contributed by atoms with E-state index in [9.17, 15) is 0 Å². The number of methoxy groups -OCH3 is 1. The molecule has 0 radical (unpaired) electrons. The van der Waals surface area contributed by atoms with Gasteiger partial charge in [0, 0.05) is 19.7 Å². The minimum absolute atomic E-state index is 0.305. The summed E-state index contributed by atoms with van der Waals surface area (Å²) < 4.78 is 5.25. The van der Waals surface area contributed by atoms with E-state index in [1.807, 2.05) is 6.07 Å². The summed E-state index contributed by atoms with van der Waals surface area (Å²) in [5.74, 6) is 0.896. The second-order valence-corrected chi connectivity index (χ2v) is 6.12. The molecule has 0 atom stereocenters. The Bertz CT molecular complexity index is 620. The van der Waals surface area contributed by atoms with Crippen molar-refractivity contribution in [2.24, 2.45) is 5.41 Å². The first kappa shape index (κ1) is 14.4. The molecule has 1 saturated carbocycles. The number of hydrogen-bond acceptors (Lipinski definition) is 3. The van der Waals surface area contributed by atoms with Gasteiger partial charge in [0.15, 0.2) is 0 Å². The predicted molar refractivity (Wildman–Crippen MR) is 85.6 cm³/mol. The molecule has 3 heteroatoms. The van der Waals surface area contributed by atoms with Gasteiger partial charge in [-0.05, 0) is 59.2 Å². The van der Waals surface area contributed by atoms with Crippen LogP contribution in [0.5, 0.6) is 5.75 Å². The summed E-state index contributed by atoms with van der Waals surface area (Å²) in [6.07, 6.45) is 3.42. The van der Waals surface area contributed by atoms with Crippen LogP contribution in [0, 0.1) is 5.41 Å². The SMILES string of the molecule is COc1ccc2cc(CNCC3(CCO)CC3)ccc2c1. The molecule has 3 rings (SSSR count). The number of aliphatic hydroxyl groups is 1. The Hall–Kier alpha value is -1.58. The molecule has 0 aliphatic heterocycles. The molecule has 1 aliphatic rings. The van der Waals surface area contributed by atoms with Gasteiger partial charge in [0.1, 0.15) is 5.75 Å². The maximum atomic E-state index is 9.08. The normalized spacial score (nSPS) is 16.1. The molecule has 112 valence electrons. The highest BCUT2D eigenvalue weighted by Crippen LogP contribution is 2.47. The Labute approximate surface area is 125 Å². The van der Waals surface area contributed by atoms with Crippen LogP contribution in [0.4, 0.5) is 0 Å². The van der Waals surface area contributed by atoms with Crippen molar-refractivity contribution < 1.29 is 9.84 Å². The lowest BCUT2D eigenvalue weighted by molar-refractivity contribution is 0.245. The molecular formula is C18H23NO2. The van der Waals surface area contributed by atoms with Crippen molar-refractivity contribution in [3.8, 4) is 5.75 Å². The lowest BCUT2D eigenvalue weighted by atomic mass is 10.0. The minimum Gasteiger partial charge on any atom is -0.497 e. The number of aliphatic hydroxyl groups excluding tert-OH is 1. The number of hydrogen-bond donors (Lipinski definition) is 2. The lowest BCUT2D eigenvalue weighted by Gasteiger charge is -2.14. The fourth-order valence-electron chi connectivity index (χ4n) is 2.91. The van der Waals surface area contributed by atoms with E-state index in [4.69, 9.17) is 9.84 Å². The van der Waals surface area contributed by atoms with Gasteiger partial charge in [0.25, 0.3) is 0 Å². The third kappa shape index (κ3) is 3.36. The molecule has 2 N–H and O–H groups in total. The van der Waals surface area contributed by atoms with E-state index >= 15 is 0 Å². The standard InChI is InChI=1S/C18H23NO2/c1-21-17-5-4-15-10-14(2-3-16(15)11-17)12-19-13-18(6-7-18)8-9-20/h2-5,10-11,19-20H,6-9,12-13H2,1H3. The summed E-state index contributed by atoms with van der Waals surface area (Å²) >= 11 is 0. The van der Waals surface area contributed by atoms with Crippen molar-refractivity contribution in [2.45, 2.75) is 25.8 Å². The van der Waals surface area contributed by atoms with Gasteiger partial charge < -0.3 is 15.2 Å². The van der Waals surface area contributed by atoms with Crippen LogP contribution < -0.4 is 10.1 Å². The van der Waals surface area contributed by atoms with Gasteiger partial charge in [0.05, 0.1) is 7.11 Å². The highest BCUT2D eigenvalue weighted by molar-refractivity contribution is 5.84. The molecule has 0 saturated heterocycles. The van der Waals surface area contributed by atoms with Gasteiger partial charge in [-0.15, -0.1) is 0 Å². The fourth-order valence-corrected chi connectivity index (χ4v) is 2.91. The van der Waals surface area contributed by atoms with Gasteiger partial charge in [-0.3, -0.25) is 0 Å². The zero-order chi connectivity index (χ0) is 14.7. The quantitative estimate of drug-likeness (QED) is 0.821.